The van der Waals surface area contributed by atoms with Crippen molar-refractivity contribution in [3.05, 3.63) is 46.7 Å². The number of unbranched alkanes of at least 4 members (excludes halogenated alkanes) is 4. The Labute approximate surface area is 195 Å². The van der Waals surface area contributed by atoms with Gasteiger partial charge >= 0.3 is 0 Å². The molecule has 1 fully saturated rings. The van der Waals surface area contributed by atoms with Crippen molar-refractivity contribution < 1.29 is 0 Å². The Hall–Kier alpha value is -1.41. The maximum absolute atomic E-state index is 6.55. The molecule has 2 aromatic rings. The molecule has 3 rings (SSSR count). The quantitative estimate of drug-likeness (QED) is 0.308. The lowest BCUT2D eigenvalue weighted by atomic mass is 9.78. The molecule has 170 valence electrons. The number of rotatable bonds is 12. The molecular weight excluding hydrogens is 400 g/mol. The van der Waals surface area contributed by atoms with E-state index in [1.54, 1.807) is 0 Å². The molecule has 1 heterocycles. The Kier molecular flexibility index (Phi) is 10.3. The predicted octanol–water partition coefficient (Wildman–Crippen LogP) is 8.85. The van der Waals surface area contributed by atoms with Crippen molar-refractivity contribution in [1.82, 2.24) is 9.97 Å². The fraction of sp³-hybridized carbons (Fsp3) is 0.643. The molecule has 3 heteroatoms. The first-order valence-corrected chi connectivity index (χ1v) is 13.2. The maximum atomic E-state index is 6.55. The molecular formula is C28H41ClN2. The van der Waals surface area contributed by atoms with E-state index in [0.717, 1.165) is 41.1 Å². The van der Waals surface area contributed by atoms with E-state index in [0.29, 0.717) is 0 Å². The van der Waals surface area contributed by atoms with E-state index >= 15 is 0 Å². The van der Waals surface area contributed by atoms with Gasteiger partial charge in [0.2, 0.25) is 0 Å². The van der Waals surface area contributed by atoms with Gasteiger partial charge in [0.25, 0.3) is 0 Å². The van der Waals surface area contributed by atoms with Crippen molar-refractivity contribution in [3.63, 3.8) is 0 Å². The summed E-state index contributed by atoms with van der Waals surface area (Å²) in [6.45, 7) is 4.53. The van der Waals surface area contributed by atoms with Crippen molar-refractivity contribution >= 4 is 11.6 Å². The van der Waals surface area contributed by atoms with Crippen molar-refractivity contribution in [1.29, 1.82) is 0 Å². The van der Waals surface area contributed by atoms with Gasteiger partial charge in [-0.25, -0.2) is 9.97 Å². The molecule has 1 saturated carbocycles. The first-order valence-electron chi connectivity index (χ1n) is 12.8. The van der Waals surface area contributed by atoms with Crippen LogP contribution < -0.4 is 0 Å². The molecule has 0 radical (unpaired) electrons. The van der Waals surface area contributed by atoms with Gasteiger partial charge in [0, 0.05) is 18.0 Å². The minimum absolute atomic E-state index is 0.737. The van der Waals surface area contributed by atoms with Crippen LogP contribution >= 0.6 is 11.6 Å². The third-order valence-electron chi connectivity index (χ3n) is 7.07. The zero-order chi connectivity index (χ0) is 21.9. The first-order chi connectivity index (χ1) is 15.2. The van der Waals surface area contributed by atoms with Gasteiger partial charge in [-0.3, -0.25) is 0 Å². The van der Waals surface area contributed by atoms with Crippen LogP contribution in [0.3, 0.4) is 0 Å². The third-order valence-corrected chi connectivity index (χ3v) is 7.38. The zero-order valence-corrected chi connectivity index (χ0v) is 20.5. The molecule has 0 N–H and O–H groups in total. The highest BCUT2D eigenvalue weighted by molar-refractivity contribution is 6.33. The lowest BCUT2D eigenvalue weighted by Gasteiger charge is -2.28. The van der Waals surface area contributed by atoms with E-state index < -0.39 is 0 Å². The second kappa shape index (κ2) is 13.2. The summed E-state index contributed by atoms with van der Waals surface area (Å²) in [6.07, 6.45) is 22.5. The molecule has 0 bridgehead atoms. The second-order valence-corrected chi connectivity index (χ2v) is 10.0. The summed E-state index contributed by atoms with van der Waals surface area (Å²) in [6, 6.07) is 6.34. The van der Waals surface area contributed by atoms with Gasteiger partial charge < -0.3 is 0 Å². The number of hydrogen-bond donors (Lipinski definition) is 0. The molecule has 2 nitrogen and oxygen atoms in total. The lowest BCUT2D eigenvalue weighted by molar-refractivity contribution is 0.249. The van der Waals surface area contributed by atoms with E-state index in [4.69, 9.17) is 11.6 Å². The molecule has 1 aromatic heterocycles. The molecule has 0 atom stereocenters. The van der Waals surface area contributed by atoms with Crippen LogP contribution in [0.4, 0.5) is 0 Å². The smallest absolute Gasteiger partial charge is 0.160 e. The zero-order valence-electron chi connectivity index (χ0n) is 19.7. The van der Waals surface area contributed by atoms with Crippen molar-refractivity contribution in [2.45, 2.75) is 104 Å². The van der Waals surface area contributed by atoms with E-state index in [2.05, 4.69) is 42.0 Å². The SMILES string of the molecule is CCCCCc1ccc(-c2ncc(CC[C@H]3CC[C@H](CCCCC)CC3)cn2)c(Cl)c1. The summed E-state index contributed by atoms with van der Waals surface area (Å²) in [7, 11) is 0. The maximum Gasteiger partial charge on any atom is 0.160 e. The summed E-state index contributed by atoms with van der Waals surface area (Å²) < 4.78 is 0. The van der Waals surface area contributed by atoms with Gasteiger partial charge in [-0.1, -0.05) is 95.7 Å². The average molecular weight is 441 g/mol. The van der Waals surface area contributed by atoms with Crippen LogP contribution in [0.1, 0.15) is 102 Å². The summed E-state index contributed by atoms with van der Waals surface area (Å²) in [5.41, 5.74) is 3.49. The summed E-state index contributed by atoms with van der Waals surface area (Å²) in [5.74, 6) is 2.62. The van der Waals surface area contributed by atoms with Gasteiger partial charge in [0.05, 0.1) is 5.02 Å². The number of nitrogens with zero attached hydrogens (tertiary/aromatic N) is 2. The van der Waals surface area contributed by atoms with E-state index in [9.17, 15) is 0 Å². The monoisotopic (exact) mass is 440 g/mol. The van der Waals surface area contributed by atoms with Crippen LogP contribution in [-0.2, 0) is 12.8 Å². The summed E-state index contributed by atoms with van der Waals surface area (Å²) in [4.78, 5) is 9.27. The molecule has 0 saturated heterocycles. The normalized spacial score (nSPS) is 18.9. The molecule has 0 unspecified atom stereocenters. The standard InChI is InChI=1S/C28H41ClN2/c1-3-5-7-9-22-11-13-23(14-12-22)15-16-25-20-30-28(31-21-25)26-18-17-24(19-27(26)29)10-8-6-4-2/h17-23H,3-16H2,1-2H3/t22-,23-. The first kappa shape index (κ1) is 24.2. The van der Waals surface area contributed by atoms with E-state index in [1.807, 2.05) is 12.4 Å². The topological polar surface area (TPSA) is 25.8 Å². The van der Waals surface area contributed by atoms with Gasteiger partial charge in [0.15, 0.2) is 5.82 Å². The molecule has 1 aliphatic rings. The Morgan fingerprint density at radius 1 is 0.774 bits per heavy atom. The second-order valence-electron chi connectivity index (χ2n) is 9.61. The minimum Gasteiger partial charge on any atom is -0.236 e. The van der Waals surface area contributed by atoms with E-state index in [-0.39, 0.29) is 0 Å². The Balaban J connectivity index is 1.45. The van der Waals surface area contributed by atoms with E-state index in [1.165, 1.54) is 88.2 Å². The van der Waals surface area contributed by atoms with Gasteiger partial charge in [-0.05, 0) is 60.8 Å². The Morgan fingerprint density at radius 3 is 2.06 bits per heavy atom. The van der Waals surface area contributed by atoms with Crippen LogP contribution in [0.2, 0.25) is 5.02 Å². The predicted molar refractivity (Wildman–Crippen MR) is 134 cm³/mol. The summed E-state index contributed by atoms with van der Waals surface area (Å²) in [5, 5.41) is 0.762. The molecule has 1 aliphatic carbocycles. The highest BCUT2D eigenvalue weighted by Crippen LogP contribution is 2.34. The molecule has 0 aliphatic heterocycles. The third kappa shape index (κ3) is 7.90. The number of aryl methyl sites for hydroxylation is 2. The van der Waals surface area contributed by atoms with Gasteiger partial charge in [0.1, 0.15) is 0 Å². The number of halogens is 1. The van der Waals surface area contributed by atoms with Crippen molar-refractivity contribution in [2.24, 2.45) is 11.8 Å². The largest absolute Gasteiger partial charge is 0.236 e. The number of aromatic nitrogens is 2. The van der Waals surface area contributed by atoms with Crippen molar-refractivity contribution in [2.75, 3.05) is 0 Å². The van der Waals surface area contributed by atoms with Gasteiger partial charge in [-0.2, -0.15) is 0 Å². The molecule has 0 amide bonds. The van der Waals surface area contributed by atoms with Crippen molar-refractivity contribution in [3.8, 4) is 11.4 Å². The van der Waals surface area contributed by atoms with Crippen LogP contribution in [0, 0.1) is 11.8 Å². The minimum atomic E-state index is 0.737. The van der Waals surface area contributed by atoms with Crippen LogP contribution in [0.5, 0.6) is 0 Å². The number of hydrogen-bond acceptors (Lipinski definition) is 2. The fourth-order valence-electron chi connectivity index (χ4n) is 4.96. The van der Waals surface area contributed by atoms with Crippen LogP contribution in [0.25, 0.3) is 11.4 Å². The number of benzene rings is 1. The highest BCUT2D eigenvalue weighted by Gasteiger charge is 2.20. The molecule has 31 heavy (non-hydrogen) atoms. The van der Waals surface area contributed by atoms with Gasteiger partial charge in [-0.15, -0.1) is 0 Å². The molecule has 0 spiro atoms. The lowest BCUT2D eigenvalue weighted by Crippen LogP contribution is -2.15. The molecule has 1 aromatic carbocycles. The van der Waals surface area contributed by atoms with Crippen LogP contribution in [-0.4, -0.2) is 9.97 Å². The fourth-order valence-corrected chi connectivity index (χ4v) is 5.25. The Morgan fingerprint density at radius 2 is 1.42 bits per heavy atom. The highest BCUT2D eigenvalue weighted by atomic mass is 35.5. The van der Waals surface area contributed by atoms with Crippen LogP contribution in [0.15, 0.2) is 30.6 Å². The summed E-state index contributed by atoms with van der Waals surface area (Å²) >= 11 is 6.55. The average Bonchev–Trinajstić information content (AvgIpc) is 2.79. The Bertz CT molecular complexity index is 763.